The van der Waals surface area contributed by atoms with E-state index < -0.39 is 0 Å². The molecule has 0 aliphatic carbocycles. The number of hydrogen-bond acceptors (Lipinski definition) is 6. The van der Waals surface area contributed by atoms with E-state index in [0.29, 0.717) is 12.5 Å². The van der Waals surface area contributed by atoms with Crippen LogP contribution in [0.1, 0.15) is 29.1 Å². The topological polar surface area (TPSA) is 43.8 Å². The van der Waals surface area contributed by atoms with Gasteiger partial charge in [0.2, 0.25) is 0 Å². The summed E-state index contributed by atoms with van der Waals surface area (Å²) in [7, 11) is 0. The smallest absolute Gasteiger partial charge is 0.161 e. The largest absolute Gasteiger partial charge is 0.486 e. The number of ether oxygens (including phenoxy) is 3. The lowest BCUT2D eigenvalue weighted by molar-refractivity contribution is -0.101. The minimum absolute atomic E-state index is 0.00768. The Bertz CT molecular complexity index is 697. The van der Waals surface area contributed by atoms with Crippen molar-refractivity contribution in [1.82, 2.24) is 9.88 Å². The van der Waals surface area contributed by atoms with E-state index in [-0.39, 0.29) is 6.29 Å². The molecule has 5 nitrogen and oxygen atoms in total. The number of thiazole rings is 1. The highest BCUT2D eigenvalue weighted by molar-refractivity contribution is 7.09. The number of benzene rings is 1. The van der Waals surface area contributed by atoms with Gasteiger partial charge < -0.3 is 14.2 Å². The summed E-state index contributed by atoms with van der Waals surface area (Å²) in [6.45, 7) is 7.11. The summed E-state index contributed by atoms with van der Waals surface area (Å²) < 4.78 is 17.2. The first kappa shape index (κ1) is 17.9. The van der Waals surface area contributed by atoms with E-state index in [0.717, 1.165) is 49.3 Å². The van der Waals surface area contributed by atoms with Crippen LogP contribution in [0.5, 0.6) is 5.75 Å². The minimum Gasteiger partial charge on any atom is -0.486 e. The maximum absolute atomic E-state index is 5.84. The Hall–Kier alpha value is -1.47. The molecule has 0 amide bonds. The van der Waals surface area contributed by atoms with Crippen molar-refractivity contribution >= 4 is 11.3 Å². The molecule has 0 N–H and O–H groups in total. The fourth-order valence-electron chi connectivity index (χ4n) is 3.60. The molecule has 0 radical (unpaired) electrons. The zero-order valence-electron chi connectivity index (χ0n) is 15.2. The second kappa shape index (κ2) is 8.48. The highest BCUT2D eigenvalue weighted by atomic mass is 32.1. The molecule has 2 aliphatic rings. The molecule has 4 rings (SSSR count). The Morgan fingerprint density at radius 1 is 1.23 bits per heavy atom. The predicted molar refractivity (Wildman–Crippen MR) is 101 cm³/mol. The van der Waals surface area contributed by atoms with Gasteiger partial charge in [-0.15, -0.1) is 11.3 Å². The van der Waals surface area contributed by atoms with Crippen LogP contribution in [0.4, 0.5) is 0 Å². The van der Waals surface area contributed by atoms with Crippen LogP contribution in [0.15, 0.2) is 29.6 Å². The molecule has 1 unspecified atom stereocenters. The van der Waals surface area contributed by atoms with Gasteiger partial charge in [0, 0.05) is 24.4 Å². The number of aryl methyl sites for hydroxylation is 1. The van der Waals surface area contributed by atoms with Gasteiger partial charge in [0.05, 0.1) is 18.9 Å². The van der Waals surface area contributed by atoms with Gasteiger partial charge in [-0.2, -0.15) is 0 Å². The fourth-order valence-corrected chi connectivity index (χ4v) is 4.30. The van der Waals surface area contributed by atoms with Crippen molar-refractivity contribution in [2.75, 3.05) is 26.3 Å². The molecule has 0 bridgehead atoms. The number of piperidine rings is 1. The van der Waals surface area contributed by atoms with Crippen molar-refractivity contribution in [3.63, 3.8) is 0 Å². The molecular formula is C20H26N2O3S. The van der Waals surface area contributed by atoms with Gasteiger partial charge in [0.15, 0.2) is 6.29 Å². The van der Waals surface area contributed by atoms with E-state index in [4.69, 9.17) is 19.2 Å². The molecule has 1 aromatic heterocycles. The molecule has 0 spiro atoms. The zero-order chi connectivity index (χ0) is 17.8. The summed E-state index contributed by atoms with van der Waals surface area (Å²) in [6.07, 6.45) is 2.38. The number of aromatic nitrogens is 1. The highest BCUT2D eigenvalue weighted by Crippen LogP contribution is 2.26. The molecule has 1 aromatic carbocycles. The maximum Gasteiger partial charge on any atom is 0.161 e. The van der Waals surface area contributed by atoms with Crippen molar-refractivity contribution in [3.8, 4) is 5.75 Å². The molecule has 2 aliphatic heterocycles. The SMILES string of the molecule is Cc1ccc(OCc2nc(CN3CCCC(C4OCCO4)C3)cs2)cc1. The molecule has 3 heterocycles. The first-order valence-corrected chi connectivity index (χ1v) is 10.2. The van der Waals surface area contributed by atoms with Crippen LogP contribution >= 0.6 is 11.3 Å². The van der Waals surface area contributed by atoms with Crippen LogP contribution in [0.3, 0.4) is 0 Å². The quantitative estimate of drug-likeness (QED) is 0.773. The molecule has 2 saturated heterocycles. The first-order valence-electron chi connectivity index (χ1n) is 9.34. The number of likely N-dealkylation sites (tertiary alicyclic amines) is 1. The van der Waals surface area contributed by atoms with Crippen molar-refractivity contribution < 1.29 is 14.2 Å². The van der Waals surface area contributed by atoms with Crippen LogP contribution in [0.2, 0.25) is 0 Å². The third-order valence-electron chi connectivity index (χ3n) is 4.94. The Balaban J connectivity index is 1.28. The molecule has 140 valence electrons. The van der Waals surface area contributed by atoms with Gasteiger partial charge in [0.25, 0.3) is 0 Å². The van der Waals surface area contributed by atoms with Crippen LogP contribution in [0.25, 0.3) is 0 Å². The first-order chi connectivity index (χ1) is 12.8. The summed E-state index contributed by atoms with van der Waals surface area (Å²) >= 11 is 1.67. The van der Waals surface area contributed by atoms with Crippen molar-refractivity contribution in [1.29, 1.82) is 0 Å². The van der Waals surface area contributed by atoms with Gasteiger partial charge in [-0.1, -0.05) is 17.7 Å². The van der Waals surface area contributed by atoms with E-state index in [9.17, 15) is 0 Å². The number of rotatable bonds is 6. The van der Waals surface area contributed by atoms with Crippen LogP contribution in [-0.2, 0) is 22.6 Å². The van der Waals surface area contributed by atoms with Gasteiger partial charge in [-0.25, -0.2) is 4.98 Å². The van der Waals surface area contributed by atoms with Crippen molar-refractivity contribution in [2.24, 2.45) is 5.92 Å². The lowest BCUT2D eigenvalue weighted by Crippen LogP contribution is -2.40. The van der Waals surface area contributed by atoms with E-state index in [2.05, 4.69) is 29.3 Å². The third-order valence-corrected chi connectivity index (χ3v) is 5.81. The second-order valence-electron chi connectivity index (χ2n) is 7.08. The Morgan fingerprint density at radius 3 is 2.85 bits per heavy atom. The lowest BCUT2D eigenvalue weighted by Gasteiger charge is -2.34. The van der Waals surface area contributed by atoms with Gasteiger partial charge >= 0.3 is 0 Å². The summed E-state index contributed by atoms with van der Waals surface area (Å²) in [5.74, 6) is 1.37. The summed E-state index contributed by atoms with van der Waals surface area (Å²) in [4.78, 5) is 7.22. The average molecular weight is 375 g/mol. The Labute approximate surface area is 158 Å². The fraction of sp³-hybridized carbons (Fsp3) is 0.550. The predicted octanol–water partition coefficient (Wildman–Crippen LogP) is 3.62. The van der Waals surface area contributed by atoms with Gasteiger partial charge in [0.1, 0.15) is 17.4 Å². The Morgan fingerprint density at radius 2 is 2.04 bits per heavy atom. The zero-order valence-corrected chi connectivity index (χ0v) is 16.0. The minimum atomic E-state index is -0.00768. The van der Waals surface area contributed by atoms with E-state index >= 15 is 0 Å². The molecule has 2 aromatic rings. The van der Waals surface area contributed by atoms with Crippen molar-refractivity contribution in [3.05, 3.63) is 45.9 Å². The summed E-state index contributed by atoms with van der Waals surface area (Å²) in [5.41, 5.74) is 2.37. The summed E-state index contributed by atoms with van der Waals surface area (Å²) in [5, 5.41) is 3.18. The normalized spacial score (nSPS) is 22.0. The average Bonchev–Trinajstić information content (AvgIpc) is 3.34. The molecule has 1 atom stereocenters. The van der Waals surface area contributed by atoms with Crippen LogP contribution in [0, 0.1) is 12.8 Å². The van der Waals surface area contributed by atoms with E-state index in [1.165, 1.54) is 18.4 Å². The second-order valence-corrected chi connectivity index (χ2v) is 8.02. The maximum atomic E-state index is 5.84. The third kappa shape index (κ3) is 4.62. The van der Waals surface area contributed by atoms with E-state index in [1.807, 2.05) is 12.1 Å². The highest BCUT2D eigenvalue weighted by Gasteiger charge is 2.31. The van der Waals surface area contributed by atoms with Crippen molar-refractivity contribution in [2.45, 2.75) is 39.2 Å². The molecule has 26 heavy (non-hydrogen) atoms. The summed E-state index contributed by atoms with van der Waals surface area (Å²) in [6, 6.07) is 8.14. The standard InChI is InChI=1S/C20H26N2O3S/c1-15-4-6-18(7-5-15)25-13-19-21-17(14-26-19)12-22-8-2-3-16(11-22)20-23-9-10-24-20/h4-7,14,16,20H,2-3,8-13H2,1H3. The van der Waals surface area contributed by atoms with Gasteiger partial charge in [-0.3, -0.25) is 4.90 Å². The molecule has 2 fully saturated rings. The van der Waals surface area contributed by atoms with Gasteiger partial charge in [-0.05, 0) is 38.4 Å². The van der Waals surface area contributed by atoms with E-state index in [1.54, 1.807) is 11.3 Å². The lowest BCUT2D eigenvalue weighted by atomic mass is 9.97. The van der Waals surface area contributed by atoms with Crippen LogP contribution in [-0.4, -0.2) is 42.5 Å². The molecular weight excluding hydrogens is 348 g/mol. The number of hydrogen-bond donors (Lipinski definition) is 0. The van der Waals surface area contributed by atoms with Crippen LogP contribution < -0.4 is 4.74 Å². The Kier molecular flexibility index (Phi) is 5.84. The monoisotopic (exact) mass is 374 g/mol. The molecule has 0 saturated carbocycles. The number of nitrogens with zero attached hydrogens (tertiary/aromatic N) is 2. The molecule has 6 heteroatoms.